The number of carbonyl (C=O) groups is 3. The molecule has 1 heterocycles. The maximum atomic E-state index is 14.9. The zero-order valence-electron chi connectivity index (χ0n) is 29.8. The van der Waals surface area contributed by atoms with Gasteiger partial charge >= 0.3 is 11.9 Å². The van der Waals surface area contributed by atoms with E-state index in [4.69, 9.17) is 24.7 Å². The number of hydrogen-bond acceptors (Lipinski definition) is 8. The Morgan fingerprint density at radius 1 is 1.11 bits per heavy atom. The van der Waals surface area contributed by atoms with Gasteiger partial charge in [0.2, 0.25) is 0 Å². The summed E-state index contributed by atoms with van der Waals surface area (Å²) in [6.45, 7) is 19.5. The molecule has 4 aliphatic carbocycles. The molecule has 1 aliphatic heterocycles. The number of hydrogen-bond donors (Lipinski definition) is 2. The van der Waals surface area contributed by atoms with E-state index in [-0.39, 0.29) is 54.2 Å². The van der Waals surface area contributed by atoms with Gasteiger partial charge in [0.15, 0.2) is 5.78 Å². The van der Waals surface area contributed by atoms with E-state index in [1.807, 2.05) is 13.0 Å². The molecule has 0 radical (unpaired) electrons. The fraction of sp³-hybridized carbons (Fsp3) is 0.865. The summed E-state index contributed by atoms with van der Waals surface area (Å²) in [6, 6.07) is -0.327. The van der Waals surface area contributed by atoms with Crippen LogP contribution in [-0.4, -0.2) is 74.1 Å². The van der Waals surface area contributed by atoms with E-state index in [1.54, 1.807) is 7.11 Å². The second-order valence-electron chi connectivity index (χ2n) is 16.9. The van der Waals surface area contributed by atoms with E-state index in [0.717, 1.165) is 31.3 Å². The van der Waals surface area contributed by atoms with Crippen LogP contribution in [0.25, 0.3) is 0 Å². The Morgan fingerprint density at radius 2 is 1.78 bits per heavy atom. The quantitative estimate of drug-likeness (QED) is 0.315. The van der Waals surface area contributed by atoms with Gasteiger partial charge < -0.3 is 29.8 Å². The van der Waals surface area contributed by atoms with Crippen molar-refractivity contribution < 1.29 is 38.4 Å². The number of ether oxygens (including phenoxy) is 4. The van der Waals surface area contributed by atoms with Gasteiger partial charge in [-0.2, -0.15) is 0 Å². The van der Waals surface area contributed by atoms with Crippen molar-refractivity contribution in [2.45, 2.75) is 119 Å². The normalized spacial score (nSPS) is 46.3. The van der Waals surface area contributed by atoms with Crippen LogP contribution < -0.4 is 5.73 Å². The SMILES string of the molecule is COCC(N)CO[C@H]1[C@H](OC(C)=O)C[C@]23C4=CC(=O)[C@@]5(C)[C@H](C(=O)O)[C@@](C)([C@H](C)C(C)C)CC[C@]5(C)[C@H]4CC[C@H]2[C@@]1(C)CO[C@H]3C. The highest BCUT2D eigenvalue weighted by atomic mass is 16.6. The van der Waals surface area contributed by atoms with Gasteiger partial charge in [0.05, 0.1) is 37.9 Å². The number of carbonyl (C=O) groups excluding carboxylic acids is 2. The molecule has 3 saturated carbocycles. The van der Waals surface area contributed by atoms with Crippen molar-refractivity contribution in [3.8, 4) is 0 Å². The lowest BCUT2D eigenvalue weighted by Crippen LogP contribution is -2.73. The first-order valence-corrected chi connectivity index (χ1v) is 17.5. The molecule has 5 rings (SSSR count). The van der Waals surface area contributed by atoms with Gasteiger partial charge in [0.1, 0.15) is 12.2 Å². The summed E-state index contributed by atoms with van der Waals surface area (Å²) < 4.78 is 24.5. The minimum atomic E-state index is -1.07. The molecular weight excluding hydrogens is 586 g/mol. The molecule has 0 amide bonds. The Kier molecular flexibility index (Phi) is 9.23. The van der Waals surface area contributed by atoms with Gasteiger partial charge in [-0.15, -0.1) is 0 Å². The smallest absolute Gasteiger partial charge is 0.308 e. The molecule has 0 aromatic carbocycles. The van der Waals surface area contributed by atoms with Crippen molar-refractivity contribution in [3.05, 3.63) is 11.6 Å². The van der Waals surface area contributed by atoms with Crippen LogP contribution in [0, 0.1) is 56.7 Å². The number of esters is 1. The Morgan fingerprint density at radius 3 is 2.37 bits per heavy atom. The number of nitrogens with two attached hydrogens (primary N) is 1. The van der Waals surface area contributed by atoms with Crippen LogP contribution in [0.3, 0.4) is 0 Å². The van der Waals surface area contributed by atoms with Crippen molar-refractivity contribution in [1.82, 2.24) is 0 Å². The molecule has 0 spiro atoms. The number of allylic oxidation sites excluding steroid dienone is 1. The maximum Gasteiger partial charge on any atom is 0.308 e. The average Bonchev–Trinajstić information content (AvgIpc) is 2.96. The van der Waals surface area contributed by atoms with E-state index in [9.17, 15) is 19.5 Å². The number of ketones is 1. The fourth-order valence-electron chi connectivity index (χ4n) is 11.8. The zero-order valence-corrected chi connectivity index (χ0v) is 29.8. The Hall–Kier alpha value is -1.81. The number of aliphatic carboxylic acids is 1. The average molecular weight is 646 g/mol. The van der Waals surface area contributed by atoms with Crippen molar-refractivity contribution in [1.29, 1.82) is 0 Å². The molecule has 46 heavy (non-hydrogen) atoms. The Labute approximate surface area is 275 Å². The van der Waals surface area contributed by atoms with Crippen molar-refractivity contribution in [2.75, 3.05) is 26.9 Å². The molecule has 1 unspecified atom stereocenters. The zero-order chi connectivity index (χ0) is 34.2. The van der Waals surface area contributed by atoms with E-state index in [2.05, 4.69) is 48.5 Å². The van der Waals surface area contributed by atoms with E-state index < -0.39 is 51.2 Å². The molecule has 5 aliphatic rings. The lowest BCUT2D eigenvalue weighted by molar-refractivity contribution is -0.285. The molecule has 0 aromatic heterocycles. The van der Waals surface area contributed by atoms with Gasteiger partial charge in [0, 0.05) is 30.3 Å². The first-order valence-electron chi connectivity index (χ1n) is 17.5. The molecule has 4 fully saturated rings. The van der Waals surface area contributed by atoms with Crippen molar-refractivity contribution in [3.63, 3.8) is 0 Å². The van der Waals surface area contributed by atoms with Crippen molar-refractivity contribution in [2.24, 2.45) is 62.4 Å². The van der Waals surface area contributed by atoms with Crippen LogP contribution in [0.5, 0.6) is 0 Å². The van der Waals surface area contributed by atoms with E-state index in [0.29, 0.717) is 19.6 Å². The van der Waals surface area contributed by atoms with Crippen LogP contribution >= 0.6 is 0 Å². The standard InChI is InChI=1S/C37H59NO8/c1-20(2)21(3)33(6)13-14-35(8)25-11-12-28-34(7)19-45-22(4)37(28,26(25)15-29(40)36(35,9)30(33)32(41)42)16-27(46-23(5)39)31(34)44-18-24(38)17-43-10/h15,20-22,24-25,27-28,30-31H,11-14,16-19,38H2,1-10H3,(H,41,42)/t21-,22+,24?,25+,27-,28+,30-,31+,33-,34-,35-,36+,37+/m1/s1. The van der Waals surface area contributed by atoms with Crippen LogP contribution in [-0.2, 0) is 33.3 Å². The molecule has 9 heteroatoms. The monoisotopic (exact) mass is 645 g/mol. The fourth-order valence-corrected chi connectivity index (χ4v) is 11.8. The third-order valence-electron chi connectivity index (χ3n) is 14.6. The lowest BCUT2D eigenvalue weighted by Gasteiger charge is -2.71. The van der Waals surface area contributed by atoms with Gasteiger partial charge in [-0.3, -0.25) is 14.4 Å². The predicted molar refractivity (Wildman–Crippen MR) is 174 cm³/mol. The van der Waals surface area contributed by atoms with Gasteiger partial charge in [-0.25, -0.2) is 0 Å². The van der Waals surface area contributed by atoms with Crippen molar-refractivity contribution >= 4 is 17.7 Å². The minimum absolute atomic E-state index is 0.00572. The number of methoxy groups -OCH3 is 1. The molecule has 0 aromatic rings. The second-order valence-corrected chi connectivity index (χ2v) is 16.9. The van der Waals surface area contributed by atoms with Gasteiger partial charge in [0.25, 0.3) is 0 Å². The molecule has 260 valence electrons. The summed E-state index contributed by atoms with van der Waals surface area (Å²) >= 11 is 0. The first-order chi connectivity index (χ1) is 21.4. The maximum absolute atomic E-state index is 14.9. The lowest BCUT2D eigenvalue weighted by atomic mass is 9.33. The Bertz CT molecular complexity index is 1270. The summed E-state index contributed by atoms with van der Waals surface area (Å²) in [6.07, 6.45) is 4.38. The van der Waals surface area contributed by atoms with Gasteiger partial charge in [-0.1, -0.05) is 54.0 Å². The van der Waals surface area contributed by atoms with Crippen LogP contribution in [0.15, 0.2) is 11.6 Å². The predicted octanol–water partition coefficient (Wildman–Crippen LogP) is 5.43. The number of rotatable bonds is 9. The summed E-state index contributed by atoms with van der Waals surface area (Å²) in [5.41, 5.74) is 4.13. The molecule has 2 bridgehead atoms. The number of carboxylic acids is 1. The molecule has 13 atom stereocenters. The first kappa shape index (κ1) is 35.5. The number of fused-ring (bicyclic) bond motifs is 3. The largest absolute Gasteiger partial charge is 0.481 e. The van der Waals surface area contributed by atoms with Crippen LogP contribution in [0.1, 0.15) is 94.4 Å². The van der Waals surface area contributed by atoms with Crippen LogP contribution in [0.2, 0.25) is 0 Å². The molecule has 9 nitrogen and oxygen atoms in total. The Balaban J connectivity index is 1.64. The summed E-state index contributed by atoms with van der Waals surface area (Å²) in [5, 5.41) is 10.9. The summed E-state index contributed by atoms with van der Waals surface area (Å²) in [7, 11) is 1.60. The van der Waals surface area contributed by atoms with Gasteiger partial charge in [-0.05, 0) is 79.6 Å². The highest BCUT2D eigenvalue weighted by molar-refractivity contribution is 6.00. The topological polar surface area (TPSA) is 134 Å². The highest BCUT2D eigenvalue weighted by Crippen LogP contribution is 2.75. The molecular formula is C37H59NO8. The van der Waals surface area contributed by atoms with Crippen LogP contribution in [0.4, 0.5) is 0 Å². The third kappa shape index (κ3) is 4.79. The highest BCUT2D eigenvalue weighted by Gasteiger charge is 2.75. The third-order valence-corrected chi connectivity index (χ3v) is 14.6. The number of carboxylic acid groups (broad SMARTS) is 1. The van der Waals surface area contributed by atoms with E-state index >= 15 is 0 Å². The van der Waals surface area contributed by atoms with E-state index in [1.165, 1.54) is 6.92 Å². The summed E-state index contributed by atoms with van der Waals surface area (Å²) in [4.78, 5) is 40.8. The summed E-state index contributed by atoms with van der Waals surface area (Å²) in [5.74, 6) is -1.60. The molecule has 3 N–H and O–H groups in total. The second kappa shape index (κ2) is 12.0. The minimum Gasteiger partial charge on any atom is -0.481 e. The molecule has 1 saturated heterocycles.